The van der Waals surface area contributed by atoms with Gasteiger partial charge in [0.15, 0.2) is 6.61 Å². The molecule has 1 aromatic heterocycles. The Hall–Kier alpha value is -2.11. The lowest BCUT2D eigenvalue weighted by molar-refractivity contribution is -0.134. The second-order valence-electron chi connectivity index (χ2n) is 6.42. The normalized spacial score (nSPS) is 18.4. The average molecular weight is 332 g/mol. The van der Waals surface area contributed by atoms with E-state index in [1.54, 1.807) is 17.0 Å². The van der Waals surface area contributed by atoms with Gasteiger partial charge < -0.3 is 14.4 Å². The first kappa shape index (κ1) is 16.7. The van der Waals surface area contributed by atoms with Crippen molar-refractivity contribution in [2.75, 3.05) is 19.7 Å². The summed E-state index contributed by atoms with van der Waals surface area (Å²) in [7, 11) is 0. The van der Waals surface area contributed by atoms with E-state index in [-0.39, 0.29) is 18.6 Å². The van der Waals surface area contributed by atoms with Crippen LogP contribution in [0.4, 0.5) is 0 Å². The minimum atomic E-state index is -0.515. The molecule has 0 aromatic carbocycles. The second-order valence-corrected chi connectivity index (χ2v) is 6.42. The predicted molar refractivity (Wildman–Crippen MR) is 87.8 cm³/mol. The molecule has 2 heterocycles. The van der Waals surface area contributed by atoms with Crippen molar-refractivity contribution in [2.45, 2.75) is 51.0 Å². The fourth-order valence-electron chi connectivity index (χ4n) is 2.88. The van der Waals surface area contributed by atoms with Gasteiger partial charge in [-0.1, -0.05) is 12.8 Å². The summed E-state index contributed by atoms with van der Waals surface area (Å²) in [6, 6.07) is 3.16. The van der Waals surface area contributed by atoms with Crippen molar-refractivity contribution in [1.82, 2.24) is 9.88 Å². The van der Waals surface area contributed by atoms with Gasteiger partial charge in [-0.15, -0.1) is 0 Å². The van der Waals surface area contributed by atoms with E-state index in [9.17, 15) is 9.59 Å². The molecule has 0 unspecified atom stereocenters. The lowest BCUT2D eigenvalue weighted by atomic mass is 9.96. The minimum absolute atomic E-state index is 0.120. The Balaban J connectivity index is 1.50. The molecule has 1 aromatic rings. The number of amides is 1. The molecule has 1 aliphatic heterocycles. The van der Waals surface area contributed by atoms with Gasteiger partial charge in [0.25, 0.3) is 5.91 Å². The summed E-state index contributed by atoms with van der Waals surface area (Å²) in [4.78, 5) is 30.2. The molecule has 2 fully saturated rings. The van der Waals surface area contributed by atoms with Crippen LogP contribution in [0.5, 0.6) is 5.88 Å². The fourth-order valence-corrected chi connectivity index (χ4v) is 2.88. The van der Waals surface area contributed by atoms with E-state index in [1.165, 1.54) is 12.6 Å². The van der Waals surface area contributed by atoms with Crippen molar-refractivity contribution >= 4 is 11.9 Å². The first-order valence-corrected chi connectivity index (χ1v) is 8.80. The van der Waals surface area contributed by atoms with Gasteiger partial charge in [0.2, 0.25) is 5.88 Å². The summed E-state index contributed by atoms with van der Waals surface area (Å²) in [5.74, 6) is -0.197. The molecule has 0 spiro atoms. The highest BCUT2D eigenvalue weighted by molar-refractivity contribution is 5.91. The fraction of sp³-hybridized carbons (Fsp3) is 0.611. The molecule has 6 nitrogen and oxygen atoms in total. The number of pyridine rings is 1. The monoisotopic (exact) mass is 332 g/mol. The van der Waals surface area contributed by atoms with Crippen molar-refractivity contribution < 1.29 is 19.1 Å². The number of carbonyl (C=O) groups excluding carboxylic acids is 2. The molecule has 0 atom stereocenters. The van der Waals surface area contributed by atoms with Crippen LogP contribution >= 0.6 is 0 Å². The highest BCUT2D eigenvalue weighted by atomic mass is 16.5. The Morgan fingerprint density at radius 3 is 2.54 bits per heavy atom. The number of likely N-dealkylation sites (tertiary alicyclic amines) is 1. The van der Waals surface area contributed by atoms with Crippen LogP contribution < -0.4 is 4.74 Å². The Bertz CT molecular complexity index is 578. The van der Waals surface area contributed by atoms with Gasteiger partial charge in [0.05, 0.1) is 5.56 Å². The van der Waals surface area contributed by atoms with Crippen LogP contribution in [0.15, 0.2) is 18.3 Å². The Kier molecular flexibility index (Phi) is 5.67. The molecule has 1 saturated carbocycles. The van der Waals surface area contributed by atoms with Crippen LogP contribution in [0, 0.1) is 0 Å². The van der Waals surface area contributed by atoms with Crippen LogP contribution in [0.2, 0.25) is 0 Å². The molecule has 1 amide bonds. The van der Waals surface area contributed by atoms with E-state index in [1.807, 2.05) is 0 Å². The number of hydrogen-bond donors (Lipinski definition) is 0. The van der Waals surface area contributed by atoms with E-state index >= 15 is 0 Å². The molecule has 0 bridgehead atoms. The highest BCUT2D eigenvalue weighted by Gasteiger charge is 2.21. The van der Waals surface area contributed by atoms with Gasteiger partial charge in [0.1, 0.15) is 6.10 Å². The van der Waals surface area contributed by atoms with E-state index in [0.29, 0.717) is 11.4 Å². The van der Waals surface area contributed by atoms with Gasteiger partial charge in [-0.3, -0.25) is 4.79 Å². The summed E-state index contributed by atoms with van der Waals surface area (Å²) in [5.41, 5.74) is 0.364. The highest BCUT2D eigenvalue weighted by Crippen LogP contribution is 2.24. The number of aromatic nitrogens is 1. The van der Waals surface area contributed by atoms with Gasteiger partial charge >= 0.3 is 5.97 Å². The number of carbonyl (C=O) groups is 2. The third kappa shape index (κ3) is 4.46. The maximum Gasteiger partial charge on any atom is 0.338 e. The molecule has 24 heavy (non-hydrogen) atoms. The zero-order valence-electron chi connectivity index (χ0n) is 13.9. The molecule has 0 radical (unpaired) electrons. The van der Waals surface area contributed by atoms with Crippen molar-refractivity contribution in [1.29, 1.82) is 0 Å². The van der Waals surface area contributed by atoms with Crippen LogP contribution in [0.3, 0.4) is 0 Å². The van der Waals surface area contributed by atoms with E-state index in [2.05, 4.69) is 4.98 Å². The molecule has 3 rings (SSSR count). The smallest absolute Gasteiger partial charge is 0.338 e. The minimum Gasteiger partial charge on any atom is -0.474 e. The van der Waals surface area contributed by atoms with Gasteiger partial charge in [-0.2, -0.15) is 0 Å². The predicted octanol–water partition coefficient (Wildman–Crippen LogP) is 2.57. The zero-order chi connectivity index (χ0) is 16.8. The quantitative estimate of drug-likeness (QED) is 0.775. The maximum absolute atomic E-state index is 12.2. The topological polar surface area (TPSA) is 68.7 Å². The molecule has 2 aliphatic rings. The molecule has 1 aliphatic carbocycles. The third-order valence-electron chi connectivity index (χ3n) is 4.60. The van der Waals surface area contributed by atoms with E-state index in [4.69, 9.17) is 9.47 Å². The molecular formula is C18H24N2O4. The molecule has 130 valence electrons. The zero-order valence-corrected chi connectivity index (χ0v) is 13.9. The number of esters is 1. The lowest BCUT2D eigenvalue weighted by Crippen LogP contribution is -2.35. The van der Waals surface area contributed by atoms with E-state index in [0.717, 1.165) is 51.6 Å². The van der Waals surface area contributed by atoms with Crippen LogP contribution in [0.25, 0.3) is 0 Å². The number of hydrogen-bond acceptors (Lipinski definition) is 5. The van der Waals surface area contributed by atoms with Crippen molar-refractivity contribution in [3.8, 4) is 5.88 Å². The van der Waals surface area contributed by atoms with Crippen LogP contribution in [0.1, 0.15) is 55.3 Å². The Morgan fingerprint density at radius 1 is 1.12 bits per heavy atom. The van der Waals surface area contributed by atoms with Crippen molar-refractivity contribution in [3.05, 3.63) is 23.9 Å². The Labute approximate surface area is 142 Å². The SMILES string of the molecule is O=C(OCC(=O)N1CCCCCC1)c1ccnc(OC2CCC2)c1. The van der Waals surface area contributed by atoms with Crippen molar-refractivity contribution in [2.24, 2.45) is 0 Å². The van der Waals surface area contributed by atoms with E-state index < -0.39 is 5.97 Å². The largest absolute Gasteiger partial charge is 0.474 e. The molecule has 1 saturated heterocycles. The maximum atomic E-state index is 12.2. The first-order chi connectivity index (χ1) is 11.7. The number of nitrogens with zero attached hydrogens (tertiary/aromatic N) is 2. The summed E-state index contributed by atoms with van der Waals surface area (Å²) >= 11 is 0. The Morgan fingerprint density at radius 2 is 1.88 bits per heavy atom. The van der Waals surface area contributed by atoms with Gasteiger partial charge in [-0.05, 0) is 38.2 Å². The molecule has 6 heteroatoms. The second kappa shape index (κ2) is 8.13. The standard InChI is InChI=1S/C18H24N2O4/c21-17(20-10-3-1-2-4-11-20)13-23-18(22)14-8-9-19-16(12-14)24-15-6-5-7-15/h8-9,12,15H,1-7,10-11,13H2. The molecule has 0 N–H and O–H groups in total. The van der Waals surface area contributed by atoms with Crippen molar-refractivity contribution in [3.63, 3.8) is 0 Å². The van der Waals surface area contributed by atoms with Crippen LogP contribution in [-0.2, 0) is 9.53 Å². The van der Waals surface area contributed by atoms with Crippen LogP contribution in [-0.4, -0.2) is 47.6 Å². The van der Waals surface area contributed by atoms with Gasteiger partial charge in [-0.25, -0.2) is 9.78 Å². The summed E-state index contributed by atoms with van der Waals surface area (Å²) in [6.45, 7) is 1.30. The summed E-state index contributed by atoms with van der Waals surface area (Å²) < 4.78 is 10.9. The number of rotatable bonds is 5. The molecular weight excluding hydrogens is 308 g/mol. The summed E-state index contributed by atoms with van der Waals surface area (Å²) in [6.07, 6.45) is 9.31. The average Bonchev–Trinajstić information content (AvgIpc) is 2.85. The summed E-state index contributed by atoms with van der Waals surface area (Å²) in [5, 5.41) is 0. The van der Waals surface area contributed by atoms with Gasteiger partial charge in [0, 0.05) is 25.4 Å². The first-order valence-electron chi connectivity index (χ1n) is 8.80. The lowest BCUT2D eigenvalue weighted by Gasteiger charge is -2.25. The number of ether oxygens (including phenoxy) is 2. The third-order valence-corrected chi connectivity index (χ3v) is 4.60.